The van der Waals surface area contributed by atoms with E-state index in [-0.39, 0.29) is 5.57 Å². The molecule has 2 aromatic heterocycles. The Morgan fingerprint density at radius 3 is 2.74 bits per heavy atom. The van der Waals surface area contributed by atoms with E-state index in [1.54, 1.807) is 16.7 Å². The van der Waals surface area contributed by atoms with Crippen LogP contribution in [0.3, 0.4) is 0 Å². The van der Waals surface area contributed by atoms with E-state index in [1.807, 2.05) is 61.6 Å². The van der Waals surface area contributed by atoms with E-state index in [2.05, 4.69) is 21.9 Å². The van der Waals surface area contributed by atoms with Crippen molar-refractivity contribution in [3.63, 3.8) is 0 Å². The second kappa shape index (κ2) is 10.1. The molecular formula is C25H26N8O2. The quantitative estimate of drug-likeness (QED) is 0.249. The van der Waals surface area contributed by atoms with Gasteiger partial charge in [-0.2, -0.15) is 10.4 Å². The topological polar surface area (TPSA) is 138 Å². The highest BCUT2D eigenvalue weighted by atomic mass is 16.5. The van der Waals surface area contributed by atoms with Crippen LogP contribution >= 0.6 is 0 Å². The molecule has 0 spiro atoms. The standard InChI is InChI=1S/C25H26N8O2/c1-16(14-26)25(34)32(18-7-5-4-6-8-18)11-12-33-24-21(23(27)29-15-30-24)22(31-33)17-9-10-20(35-3)19(13-17)28-2/h4-10,13,15,25,28,34H,1,11-12H2,2-3H3,(H2,27,29,30). The molecule has 2 heterocycles. The number of aliphatic hydroxyl groups is 1. The van der Waals surface area contributed by atoms with Crippen molar-refractivity contribution in [3.05, 3.63) is 67.0 Å². The molecule has 178 valence electrons. The number of aromatic nitrogens is 4. The number of hydrogen-bond donors (Lipinski definition) is 3. The van der Waals surface area contributed by atoms with Gasteiger partial charge in [0.15, 0.2) is 11.9 Å². The van der Waals surface area contributed by atoms with Crippen LogP contribution in [0.5, 0.6) is 5.75 Å². The smallest absolute Gasteiger partial charge is 0.164 e. The Labute approximate surface area is 202 Å². The Morgan fingerprint density at radius 2 is 2.06 bits per heavy atom. The summed E-state index contributed by atoms with van der Waals surface area (Å²) >= 11 is 0. The number of methoxy groups -OCH3 is 1. The van der Waals surface area contributed by atoms with Crippen molar-refractivity contribution >= 4 is 28.2 Å². The summed E-state index contributed by atoms with van der Waals surface area (Å²) in [4.78, 5) is 10.3. The molecule has 4 N–H and O–H groups in total. The zero-order chi connectivity index (χ0) is 24.9. The van der Waals surface area contributed by atoms with E-state index in [1.165, 1.54) is 6.33 Å². The largest absolute Gasteiger partial charge is 0.495 e. The molecule has 1 atom stereocenters. The summed E-state index contributed by atoms with van der Waals surface area (Å²) in [5.41, 5.74) is 9.85. The second-order valence-electron chi connectivity index (χ2n) is 7.73. The van der Waals surface area contributed by atoms with Crippen LogP contribution in [0.2, 0.25) is 0 Å². The molecule has 10 heteroatoms. The first kappa shape index (κ1) is 23.5. The monoisotopic (exact) mass is 470 g/mol. The molecule has 0 radical (unpaired) electrons. The predicted molar refractivity (Wildman–Crippen MR) is 136 cm³/mol. The maximum absolute atomic E-state index is 10.8. The number of nitrogens with zero attached hydrogens (tertiary/aromatic N) is 6. The van der Waals surface area contributed by atoms with Gasteiger partial charge in [0.2, 0.25) is 0 Å². The number of para-hydroxylation sites is 1. The van der Waals surface area contributed by atoms with Gasteiger partial charge in [0, 0.05) is 24.8 Å². The van der Waals surface area contributed by atoms with Crippen molar-refractivity contribution in [3.8, 4) is 23.1 Å². The van der Waals surface area contributed by atoms with Crippen LogP contribution in [-0.2, 0) is 6.54 Å². The Balaban J connectivity index is 1.74. The van der Waals surface area contributed by atoms with Gasteiger partial charge in [-0.05, 0) is 30.3 Å². The summed E-state index contributed by atoms with van der Waals surface area (Å²) in [5.74, 6) is 1.02. The molecular weight excluding hydrogens is 444 g/mol. The minimum absolute atomic E-state index is 0.0456. The van der Waals surface area contributed by atoms with Crippen LogP contribution in [0.1, 0.15) is 0 Å². The Hall–Kier alpha value is -4.62. The number of anilines is 3. The van der Waals surface area contributed by atoms with Crippen molar-refractivity contribution in [2.45, 2.75) is 12.8 Å². The minimum Gasteiger partial charge on any atom is -0.495 e. The number of nitriles is 1. The first-order valence-electron chi connectivity index (χ1n) is 10.9. The second-order valence-corrected chi connectivity index (χ2v) is 7.73. The van der Waals surface area contributed by atoms with Crippen molar-refractivity contribution in [2.24, 2.45) is 0 Å². The van der Waals surface area contributed by atoms with Crippen LogP contribution in [0.4, 0.5) is 17.2 Å². The lowest BCUT2D eigenvalue weighted by Gasteiger charge is -2.29. The third-order valence-electron chi connectivity index (χ3n) is 5.69. The number of nitrogens with two attached hydrogens (primary N) is 1. The fourth-order valence-electron chi connectivity index (χ4n) is 3.90. The number of nitrogens with one attached hydrogen (secondary N) is 1. The maximum atomic E-state index is 10.8. The molecule has 35 heavy (non-hydrogen) atoms. The number of rotatable bonds is 9. The first-order valence-corrected chi connectivity index (χ1v) is 10.9. The lowest BCUT2D eigenvalue weighted by molar-refractivity contribution is 0.207. The molecule has 0 amide bonds. The molecule has 0 saturated heterocycles. The first-order chi connectivity index (χ1) is 17.0. The van der Waals surface area contributed by atoms with Gasteiger partial charge in [-0.3, -0.25) is 0 Å². The molecule has 4 rings (SSSR count). The van der Waals surface area contributed by atoms with Gasteiger partial charge in [-0.15, -0.1) is 0 Å². The zero-order valence-corrected chi connectivity index (χ0v) is 19.5. The van der Waals surface area contributed by atoms with Crippen LogP contribution < -0.4 is 20.7 Å². The molecule has 10 nitrogen and oxygen atoms in total. The van der Waals surface area contributed by atoms with Gasteiger partial charge in [0.05, 0.1) is 36.4 Å². The molecule has 0 aliphatic carbocycles. The number of benzene rings is 2. The van der Waals surface area contributed by atoms with Crippen LogP contribution in [0.15, 0.2) is 67.0 Å². The summed E-state index contributed by atoms with van der Waals surface area (Å²) in [5, 5.41) is 28.6. The Kier molecular flexibility index (Phi) is 6.80. The number of nitrogen functional groups attached to an aromatic ring is 1. The lowest BCUT2D eigenvalue weighted by atomic mass is 10.1. The fourth-order valence-corrected chi connectivity index (χ4v) is 3.90. The van der Waals surface area contributed by atoms with E-state index in [0.717, 1.165) is 16.9 Å². The van der Waals surface area contributed by atoms with Crippen molar-refractivity contribution in [1.82, 2.24) is 19.7 Å². The normalized spacial score (nSPS) is 11.6. The highest BCUT2D eigenvalue weighted by Crippen LogP contribution is 2.34. The van der Waals surface area contributed by atoms with E-state index in [4.69, 9.17) is 15.6 Å². The number of ether oxygens (including phenoxy) is 1. The molecule has 0 bridgehead atoms. The predicted octanol–water partition coefficient (Wildman–Crippen LogP) is 3.03. The number of aliphatic hydroxyl groups excluding tert-OH is 1. The summed E-state index contributed by atoms with van der Waals surface area (Å²) in [6, 6.07) is 16.9. The van der Waals surface area contributed by atoms with E-state index >= 15 is 0 Å². The van der Waals surface area contributed by atoms with Crippen molar-refractivity contribution in [1.29, 1.82) is 5.26 Å². The highest BCUT2D eigenvalue weighted by Gasteiger charge is 2.22. The van der Waals surface area contributed by atoms with Crippen molar-refractivity contribution < 1.29 is 9.84 Å². The molecule has 0 fully saturated rings. The van der Waals surface area contributed by atoms with Gasteiger partial charge in [-0.25, -0.2) is 14.6 Å². The molecule has 0 aliphatic rings. The van der Waals surface area contributed by atoms with E-state index in [9.17, 15) is 10.4 Å². The Bertz CT molecular complexity index is 1390. The average Bonchev–Trinajstić information content (AvgIpc) is 3.28. The molecule has 4 aromatic rings. The third-order valence-corrected chi connectivity index (χ3v) is 5.69. The number of hydrogen-bond acceptors (Lipinski definition) is 9. The summed E-state index contributed by atoms with van der Waals surface area (Å²) in [6.07, 6.45) is 0.219. The maximum Gasteiger partial charge on any atom is 0.164 e. The Morgan fingerprint density at radius 1 is 1.29 bits per heavy atom. The summed E-state index contributed by atoms with van der Waals surface area (Å²) in [6.45, 7) is 4.37. The summed E-state index contributed by atoms with van der Waals surface area (Å²) in [7, 11) is 3.42. The van der Waals surface area contributed by atoms with Gasteiger partial charge >= 0.3 is 0 Å². The van der Waals surface area contributed by atoms with E-state index < -0.39 is 6.23 Å². The summed E-state index contributed by atoms with van der Waals surface area (Å²) < 4.78 is 7.13. The van der Waals surface area contributed by atoms with Gasteiger partial charge in [0.25, 0.3) is 0 Å². The third kappa shape index (κ3) is 4.58. The van der Waals surface area contributed by atoms with Crippen LogP contribution in [0.25, 0.3) is 22.3 Å². The van der Waals surface area contributed by atoms with Gasteiger partial charge < -0.3 is 25.8 Å². The highest BCUT2D eigenvalue weighted by molar-refractivity contribution is 5.98. The molecule has 1 unspecified atom stereocenters. The fraction of sp³-hybridized carbons (Fsp3) is 0.200. The SMILES string of the molecule is C=C(C#N)C(O)N(CCn1nc(-c2ccc(OC)c(NC)c2)c2c(N)ncnc21)c1ccccc1. The van der Waals surface area contributed by atoms with Gasteiger partial charge in [0.1, 0.15) is 23.6 Å². The lowest BCUT2D eigenvalue weighted by Crippen LogP contribution is -2.38. The zero-order valence-electron chi connectivity index (χ0n) is 19.5. The van der Waals surface area contributed by atoms with Crippen LogP contribution in [0, 0.1) is 11.3 Å². The molecule has 0 aliphatic heterocycles. The molecule has 2 aromatic carbocycles. The van der Waals surface area contributed by atoms with Crippen LogP contribution in [-0.4, -0.2) is 51.8 Å². The molecule has 0 saturated carbocycles. The average molecular weight is 471 g/mol. The van der Waals surface area contributed by atoms with E-state index in [0.29, 0.717) is 41.4 Å². The van der Waals surface area contributed by atoms with Crippen molar-refractivity contribution in [2.75, 3.05) is 36.7 Å². The minimum atomic E-state index is -1.18. The van der Waals surface area contributed by atoms with Gasteiger partial charge in [-0.1, -0.05) is 24.8 Å². The number of fused-ring (bicyclic) bond motifs is 1.